The molecule has 0 unspecified atom stereocenters. The molecular formula is C21H16F3NO3S3. The lowest BCUT2D eigenvalue weighted by Gasteiger charge is -2.23. The number of fused-ring (bicyclic) bond motifs is 1. The van der Waals surface area contributed by atoms with Crippen LogP contribution in [0.25, 0.3) is 10.1 Å². The topological polar surface area (TPSA) is 46.6 Å². The van der Waals surface area contributed by atoms with Crippen LogP contribution < -0.4 is 9.04 Å². The summed E-state index contributed by atoms with van der Waals surface area (Å²) in [6.45, 7) is 1.84. The van der Waals surface area contributed by atoms with Gasteiger partial charge in [0.1, 0.15) is 10.8 Å². The highest BCUT2D eigenvalue weighted by atomic mass is 32.2. The van der Waals surface area contributed by atoms with Crippen LogP contribution in [0.15, 0.2) is 70.3 Å². The SMILES string of the molecule is Cc1c(N(Cc2ccc(OC(F)(F)F)cc2)S(=O)(=O)c2ccsc2)sc2ccccc12. The van der Waals surface area contributed by atoms with Crippen molar-refractivity contribution in [2.45, 2.75) is 24.7 Å². The quantitative estimate of drug-likeness (QED) is 0.312. The molecule has 0 aliphatic carbocycles. The van der Waals surface area contributed by atoms with Crippen LogP contribution in [0.3, 0.4) is 0 Å². The van der Waals surface area contributed by atoms with Crippen LogP contribution in [0.4, 0.5) is 18.2 Å². The molecule has 0 bridgehead atoms. The summed E-state index contributed by atoms with van der Waals surface area (Å²) in [7, 11) is -3.88. The van der Waals surface area contributed by atoms with Gasteiger partial charge in [0.25, 0.3) is 10.0 Å². The molecule has 0 atom stereocenters. The summed E-state index contributed by atoms with van der Waals surface area (Å²) in [5.41, 5.74) is 1.36. The van der Waals surface area contributed by atoms with Crippen molar-refractivity contribution >= 4 is 47.8 Å². The number of anilines is 1. The maximum absolute atomic E-state index is 13.4. The summed E-state index contributed by atoms with van der Waals surface area (Å²) >= 11 is 2.64. The van der Waals surface area contributed by atoms with Crippen LogP contribution in [0.5, 0.6) is 5.75 Å². The zero-order chi connectivity index (χ0) is 22.2. The molecule has 4 aromatic rings. The molecule has 2 aromatic carbocycles. The van der Waals surface area contributed by atoms with E-state index in [0.29, 0.717) is 10.6 Å². The Morgan fingerprint density at radius 2 is 1.74 bits per heavy atom. The third-order valence-electron chi connectivity index (χ3n) is 4.61. The van der Waals surface area contributed by atoms with Gasteiger partial charge in [-0.15, -0.1) is 24.5 Å². The molecule has 0 saturated heterocycles. The molecule has 4 rings (SSSR count). The number of halogens is 3. The Balaban J connectivity index is 1.75. The number of nitrogens with zero attached hydrogens (tertiary/aromatic N) is 1. The minimum Gasteiger partial charge on any atom is -0.406 e. The van der Waals surface area contributed by atoms with E-state index in [0.717, 1.165) is 15.6 Å². The molecule has 10 heteroatoms. The molecular weight excluding hydrogens is 467 g/mol. The summed E-state index contributed by atoms with van der Waals surface area (Å²) in [6.07, 6.45) is -4.79. The van der Waals surface area contributed by atoms with Crippen molar-refractivity contribution in [2.24, 2.45) is 0 Å². The second kappa shape index (κ2) is 8.18. The molecule has 0 radical (unpaired) electrons. The summed E-state index contributed by atoms with van der Waals surface area (Å²) in [4.78, 5) is 0.173. The molecule has 0 aliphatic rings. The highest BCUT2D eigenvalue weighted by Gasteiger charge is 2.31. The molecule has 0 aliphatic heterocycles. The predicted octanol–water partition coefficient (Wildman–Crippen LogP) is 6.57. The summed E-state index contributed by atoms with van der Waals surface area (Å²) in [5, 5.41) is 4.78. The molecule has 162 valence electrons. The van der Waals surface area contributed by atoms with E-state index in [2.05, 4.69) is 4.74 Å². The van der Waals surface area contributed by atoms with Crippen molar-refractivity contribution < 1.29 is 26.3 Å². The van der Waals surface area contributed by atoms with Gasteiger partial charge in [-0.05, 0) is 53.1 Å². The summed E-state index contributed by atoms with van der Waals surface area (Å²) < 4.78 is 70.3. The number of hydrogen-bond acceptors (Lipinski definition) is 5. The van der Waals surface area contributed by atoms with Crippen molar-refractivity contribution in [1.82, 2.24) is 0 Å². The maximum Gasteiger partial charge on any atom is 0.573 e. The number of benzene rings is 2. The fourth-order valence-electron chi connectivity index (χ4n) is 3.15. The van der Waals surface area contributed by atoms with Crippen molar-refractivity contribution in [1.29, 1.82) is 0 Å². The molecule has 2 aromatic heterocycles. The van der Waals surface area contributed by atoms with E-state index in [1.807, 2.05) is 31.2 Å². The Bertz CT molecular complexity index is 1300. The Morgan fingerprint density at radius 3 is 2.35 bits per heavy atom. The normalized spacial score (nSPS) is 12.3. The number of thiophene rings is 2. The molecule has 0 saturated carbocycles. The van der Waals surface area contributed by atoms with Crippen LogP contribution in [-0.4, -0.2) is 14.8 Å². The van der Waals surface area contributed by atoms with E-state index in [-0.39, 0.29) is 17.2 Å². The van der Waals surface area contributed by atoms with Gasteiger partial charge in [-0.1, -0.05) is 30.3 Å². The third-order valence-corrected chi connectivity index (χ3v) is 8.60. The van der Waals surface area contributed by atoms with Gasteiger partial charge >= 0.3 is 6.36 Å². The van der Waals surface area contributed by atoms with Crippen LogP contribution in [0.1, 0.15) is 11.1 Å². The van der Waals surface area contributed by atoms with E-state index in [1.54, 1.807) is 10.8 Å². The summed E-state index contributed by atoms with van der Waals surface area (Å²) in [6, 6.07) is 14.4. The monoisotopic (exact) mass is 483 g/mol. The van der Waals surface area contributed by atoms with Gasteiger partial charge in [0.05, 0.1) is 11.4 Å². The lowest BCUT2D eigenvalue weighted by atomic mass is 10.2. The Hall–Kier alpha value is -2.56. The number of hydrogen-bond donors (Lipinski definition) is 0. The van der Waals surface area contributed by atoms with Crippen molar-refractivity contribution in [2.75, 3.05) is 4.31 Å². The lowest BCUT2D eigenvalue weighted by molar-refractivity contribution is -0.274. The van der Waals surface area contributed by atoms with Crippen molar-refractivity contribution in [3.8, 4) is 5.75 Å². The second-order valence-corrected chi connectivity index (χ2v) is 10.4. The zero-order valence-electron chi connectivity index (χ0n) is 16.1. The largest absolute Gasteiger partial charge is 0.573 e. The number of rotatable bonds is 6. The van der Waals surface area contributed by atoms with E-state index in [9.17, 15) is 21.6 Å². The average molecular weight is 484 g/mol. The lowest BCUT2D eigenvalue weighted by Crippen LogP contribution is -2.30. The van der Waals surface area contributed by atoms with Gasteiger partial charge in [-0.2, -0.15) is 11.3 Å². The van der Waals surface area contributed by atoms with Crippen LogP contribution in [0, 0.1) is 6.92 Å². The highest BCUT2D eigenvalue weighted by molar-refractivity contribution is 7.93. The van der Waals surface area contributed by atoms with Crippen LogP contribution >= 0.6 is 22.7 Å². The van der Waals surface area contributed by atoms with Crippen LogP contribution in [-0.2, 0) is 16.6 Å². The summed E-state index contributed by atoms with van der Waals surface area (Å²) in [5.74, 6) is -0.360. The molecule has 0 fully saturated rings. The molecule has 2 heterocycles. The zero-order valence-corrected chi connectivity index (χ0v) is 18.5. The second-order valence-electron chi connectivity index (χ2n) is 6.69. The Labute approximate surface area is 185 Å². The standard InChI is InChI=1S/C21H16F3NO3S3/c1-14-18-4-2-3-5-19(18)30-20(14)25(31(26,27)17-10-11-29-13-17)12-15-6-8-16(9-7-15)28-21(22,23)24/h2-11,13H,12H2,1H3. The molecule has 31 heavy (non-hydrogen) atoms. The minimum atomic E-state index is -4.79. The van der Waals surface area contributed by atoms with Gasteiger partial charge in [0.2, 0.25) is 0 Å². The first-order chi connectivity index (χ1) is 14.6. The first-order valence-corrected chi connectivity index (χ1v) is 12.2. The predicted molar refractivity (Wildman–Crippen MR) is 117 cm³/mol. The Morgan fingerprint density at radius 1 is 1.03 bits per heavy atom. The van der Waals surface area contributed by atoms with Gasteiger partial charge < -0.3 is 4.74 Å². The number of ether oxygens (including phenoxy) is 1. The van der Waals surface area contributed by atoms with Gasteiger partial charge in [0, 0.05) is 10.1 Å². The molecule has 0 N–H and O–H groups in total. The minimum absolute atomic E-state index is 0.0296. The van der Waals surface area contributed by atoms with Crippen molar-refractivity contribution in [3.05, 3.63) is 76.5 Å². The number of sulfonamides is 1. The highest BCUT2D eigenvalue weighted by Crippen LogP contribution is 2.41. The molecule has 0 spiro atoms. The van der Waals surface area contributed by atoms with E-state index < -0.39 is 16.4 Å². The van der Waals surface area contributed by atoms with E-state index in [1.165, 1.54) is 57.3 Å². The molecule has 4 nitrogen and oxygen atoms in total. The van der Waals surface area contributed by atoms with Gasteiger partial charge in [-0.3, -0.25) is 4.31 Å². The number of alkyl halides is 3. The van der Waals surface area contributed by atoms with Gasteiger partial charge in [-0.25, -0.2) is 8.42 Å². The first kappa shape index (κ1) is 21.7. The van der Waals surface area contributed by atoms with E-state index >= 15 is 0 Å². The number of aryl methyl sites for hydroxylation is 1. The fourth-order valence-corrected chi connectivity index (χ4v) is 7.10. The third kappa shape index (κ3) is 4.56. The Kier molecular flexibility index (Phi) is 5.71. The van der Waals surface area contributed by atoms with Crippen molar-refractivity contribution in [3.63, 3.8) is 0 Å². The maximum atomic E-state index is 13.4. The van der Waals surface area contributed by atoms with E-state index in [4.69, 9.17) is 0 Å². The first-order valence-electron chi connectivity index (χ1n) is 9.03. The fraction of sp³-hybridized carbons (Fsp3) is 0.143. The smallest absolute Gasteiger partial charge is 0.406 e. The van der Waals surface area contributed by atoms with Crippen LogP contribution in [0.2, 0.25) is 0 Å². The molecule has 0 amide bonds. The van der Waals surface area contributed by atoms with Gasteiger partial charge in [0.15, 0.2) is 0 Å². The average Bonchev–Trinajstić information content (AvgIpc) is 3.36.